The summed E-state index contributed by atoms with van der Waals surface area (Å²) in [5.41, 5.74) is 0. The predicted octanol–water partition coefficient (Wildman–Crippen LogP) is -1.14. The van der Waals surface area contributed by atoms with Crippen molar-refractivity contribution in [3.63, 3.8) is 0 Å². The van der Waals surface area contributed by atoms with Gasteiger partial charge >= 0.3 is 58.7 Å². The third-order valence-corrected chi connectivity index (χ3v) is 0.336. The predicted molar refractivity (Wildman–Crippen MR) is 33.2 cm³/mol. The molecule has 8 heavy (non-hydrogen) atoms. The van der Waals surface area contributed by atoms with Crippen LogP contribution in [0, 0.1) is 0 Å². The first-order valence-electron chi connectivity index (χ1n) is 1.90. The zero-order valence-corrected chi connectivity index (χ0v) is 4.03. The molecule has 0 unspecified atom stereocenters. The maximum absolute atomic E-state index is 7.97. The van der Waals surface area contributed by atoms with Gasteiger partial charge in [-0.05, 0) is 6.92 Å². The molecule has 0 amide bonds. The van der Waals surface area contributed by atoms with Crippen LogP contribution in [0.15, 0.2) is 12.3 Å². The van der Waals surface area contributed by atoms with Gasteiger partial charge in [0.2, 0.25) is 0 Å². The van der Waals surface area contributed by atoms with Crippen molar-refractivity contribution in [2.45, 2.75) is 6.92 Å². The van der Waals surface area contributed by atoms with Crippen molar-refractivity contribution in [1.29, 1.82) is 0 Å². The van der Waals surface area contributed by atoms with E-state index in [2.05, 4.69) is 4.65 Å². The molecule has 0 aliphatic heterocycles. The van der Waals surface area contributed by atoms with Crippen LogP contribution in [0.25, 0.3) is 0 Å². The molecule has 0 aliphatic carbocycles. The maximum atomic E-state index is 7.97. The second-order valence-corrected chi connectivity index (χ2v) is 0.932. The molecule has 0 aromatic carbocycles. The van der Waals surface area contributed by atoms with E-state index >= 15 is 0 Å². The molecule has 2 N–H and O–H groups in total. The molecule has 0 aliphatic rings. The summed E-state index contributed by atoms with van der Waals surface area (Å²) in [7, 11) is -1.68. The van der Waals surface area contributed by atoms with Gasteiger partial charge < -0.3 is 14.7 Å². The second kappa shape index (κ2) is 8.16. The van der Waals surface area contributed by atoms with Gasteiger partial charge in [0, 0.05) is 0 Å². The van der Waals surface area contributed by atoms with Crippen molar-refractivity contribution in [2.24, 2.45) is 0 Å². The number of hydrogen-bond donors (Lipinski definition) is 2. The van der Waals surface area contributed by atoms with Gasteiger partial charge in [0.25, 0.3) is 0 Å². The number of allylic oxidation sites excluding steroid dienone is 1. The molecule has 3 nitrogen and oxygen atoms in total. The second-order valence-electron chi connectivity index (χ2n) is 0.932. The van der Waals surface area contributed by atoms with Gasteiger partial charge in [0.15, 0.2) is 0 Å². The van der Waals surface area contributed by atoms with Gasteiger partial charge in [-0.25, -0.2) is 0 Å². The minimum atomic E-state index is -1.68. The minimum absolute atomic E-state index is 0. The van der Waals surface area contributed by atoms with Gasteiger partial charge in [-0.2, -0.15) is 0 Å². The van der Waals surface area contributed by atoms with Crippen molar-refractivity contribution >= 4 is 58.7 Å². The van der Waals surface area contributed by atoms with Crippen molar-refractivity contribution in [1.82, 2.24) is 0 Å². The summed E-state index contributed by atoms with van der Waals surface area (Å²) >= 11 is 0. The van der Waals surface area contributed by atoms with Gasteiger partial charge in [-0.3, -0.25) is 0 Å². The summed E-state index contributed by atoms with van der Waals surface area (Å²) in [6.45, 7) is 1.71. The molecule has 0 fully saturated rings. The van der Waals surface area contributed by atoms with Gasteiger partial charge in [0.05, 0.1) is 6.26 Å². The van der Waals surface area contributed by atoms with Gasteiger partial charge in [-0.1, -0.05) is 6.08 Å². The molecule has 0 spiro atoms. The average molecular weight is 142 g/mol. The first kappa shape index (κ1) is 11.9. The molecule has 0 bridgehead atoms. The van der Waals surface area contributed by atoms with Crippen molar-refractivity contribution < 1.29 is 14.7 Å². The first-order valence-corrected chi connectivity index (χ1v) is 1.90. The average Bonchev–Trinajstić information content (AvgIpc) is 1.61. The van der Waals surface area contributed by atoms with Crippen molar-refractivity contribution in [3.05, 3.63) is 12.3 Å². The number of hydrogen-bond acceptors (Lipinski definition) is 3. The fraction of sp³-hybridized carbons (Fsp3) is 0.333. The van der Waals surface area contributed by atoms with E-state index in [4.69, 9.17) is 10.0 Å². The fourth-order valence-electron chi connectivity index (χ4n) is 0.149. The van der Waals surface area contributed by atoms with E-state index in [1.165, 1.54) is 6.26 Å². The van der Waals surface area contributed by atoms with E-state index in [1.807, 2.05) is 0 Å². The topological polar surface area (TPSA) is 49.7 Å². The Morgan fingerprint density at radius 1 is 1.50 bits per heavy atom. The fourth-order valence-corrected chi connectivity index (χ4v) is 0.149. The van der Waals surface area contributed by atoms with E-state index in [0.29, 0.717) is 0 Å². The Balaban J connectivity index is 0. The molecular weight excluding hydrogens is 134 g/mol. The zero-order chi connectivity index (χ0) is 5.70. The Bertz CT molecular complexity index is 65.5. The summed E-state index contributed by atoms with van der Waals surface area (Å²) < 4.78 is 4.12. The summed E-state index contributed by atoms with van der Waals surface area (Å²) in [6.07, 6.45) is 2.75. The Hall–Kier alpha value is 1.16. The van der Waals surface area contributed by atoms with Crippen LogP contribution in [0.3, 0.4) is 0 Å². The SMILES string of the molecule is CC=COB(O)O.[KH]. The summed E-state index contributed by atoms with van der Waals surface area (Å²) in [4.78, 5) is 0. The van der Waals surface area contributed by atoms with E-state index in [1.54, 1.807) is 13.0 Å². The van der Waals surface area contributed by atoms with Crippen molar-refractivity contribution in [2.75, 3.05) is 0 Å². The zero-order valence-electron chi connectivity index (χ0n) is 4.03. The van der Waals surface area contributed by atoms with Crippen LogP contribution >= 0.6 is 0 Å². The van der Waals surface area contributed by atoms with E-state index in [9.17, 15) is 0 Å². The molecule has 0 rings (SSSR count). The monoisotopic (exact) mass is 142 g/mol. The van der Waals surface area contributed by atoms with Gasteiger partial charge in [0.1, 0.15) is 0 Å². The molecule has 42 valence electrons. The van der Waals surface area contributed by atoms with Crippen LogP contribution in [0.4, 0.5) is 0 Å². The van der Waals surface area contributed by atoms with E-state index in [-0.39, 0.29) is 51.4 Å². The third kappa shape index (κ3) is 10.2. The molecule has 0 saturated heterocycles. The molecule has 5 heteroatoms. The Kier molecular flexibility index (Phi) is 12.1. The molecular formula is C3H8BKO3. The molecule has 0 aromatic rings. The molecule has 0 heterocycles. The van der Waals surface area contributed by atoms with Crippen molar-refractivity contribution in [3.8, 4) is 0 Å². The van der Waals surface area contributed by atoms with Crippen LogP contribution in [-0.2, 0) is 4.65 Å². The van der Waals surface area contributed by atoms with Crippen LogP contribution in [0.1, 0.15) is 6.92 Å². The Labute approximate surface area is 91.3 Å². The van der Waals surface area contributed by atoms with Crippen LogP contribution in [0.2, 0.25) is 0 Å². The van der Waals surface area contributed by atoms with Crippen LogP contribution in [0.5, 0.6) is 0 Å². The standard InChI is InChI=1S/C3H7BO3.K.H/c1-2-3-7-4(5)6;;/h2-3,5-6H,1H3;;. The van der Waals surface area contributed by atoms with E-state index in [0.717, 1.165) is 0 Å². The third-order valence-electron chi connectivity index (χ3n) is 0.336. The normalized spacial score (nSPS) is 8.38. The Morgan fingerprint density at radius 2 is 2.00 bits per heavy atom. The van der Waals surface area contributed by atoms with Gasteiger partial charge in [-0.15, -0.1) is 0 Å². The summed E-state index contributed by atoms with van der Waals surface area (Å²) in [6, 6.07) is 0. The molecule has 0 radical (unpaired) electrons. The van der Waals surface area contributed by atoms with Crippen LogP contribution < -0.4 is 0 Å². The summed E-state index contributed by atoms with van der Waals surface area (Å²) in [5, 5.41) is 15.9. The molecule has 0 saturated carbocycles. The number of rotatable bonds is 2. The Morgan fingerprint density at radius 3 is 2.12 bits per heavy atom. The molecule has 0 atom stereocenters. The molecule has 0 aromatic heterocycles. The van der Waals surface area contributed by atoms with E-state index < -0.39 is 7.32 Å². The summed E-state index contributed by atoms with van der Waals surface area (Å²) in [5.74, 6) is 0. The van der Waals surface area contributed by atoms with Crippen LogP contribution in [-0.4, -0.2) is 68.8 Å². The quantitative estimate of drug-likeness (QED) is 0.378. The first-order chi connectivity index (χ1) is 3.27.